The lowest BCUT2D eigenvalue weighted by Gasteiger charge is -2.32. The lowest BCUT2D eigenvalue weighted by atomic mass is 10.1. The molecule has 2 aliphatic heterocycles. The Bertz CT molecular complexity index is 2210. The van der Waals surface area contributed by atoms with E-state index < -0.39 is 0 Å². The summed E-state index contributed by atoms with van der Waals surface area (Å²) in [6, 6.07) is 41.9. The van der Waals surface area contributed by atoms with Gasteiger partial charge < -0.3 is 14.4 Å². The molecule has 2 aromatic heterocycles. The maximum atomic E-state index is 2.42. The molecule has 0 spiro atoms. The normalized spacial score (nSPS) is 16.4. The molecule has 1 atom stereocenters. The topological polar surface area (TPSA) is 11.4 Å². The van der Waals surface area contributed by atoms with E-state index in [2.05, 4.69) is 160 Å². The monoisotopic (exact) mass is 543 g/mol. The van der Waals surface area contributed by atoms with E-state index in [9.17, 15) is 0 Å². The van der Waals surface area contributed by atoms with E-state index in [1.54, 1.807) is 0 Å². The Balaban J connectivity index is 1.21. The lowest BCUT2D eigenvalue weighted by Crippen LogP contribution is -2.36. The predicted octanol–water partition coefficient (Wildman–Crippen LogP) is 9.68. The number of anilines is 1. The van der Waals surface area contributed by atoms with Gasteiger partial charge in [-0.1, -0.05) is 78.9 Å². The number of benzene rings is 5. The zero-order valence-corrected chi connectivity index (χ0v) is 23.0. The average Bonchev–Trinajstić information content (AvgIpc) is 3.71. The van der Waals surface area contributed by atoms with Crippen molar-refractivity contribution in [3.8, 4) is 5.69 Å². The van der Waals surface area contributed by atoms with Gasteiger partial charge in [-0.3, -0.25) is 0 Å². The molecule has 41 heavy (non-hydrogen) atoms. The predicted molar refractivity (Wildman–Crippen MR) is 174 cm³/mol. The Morgan fingerprint density at radius 2 is 1.37 bits per heavy atom. The molecule has 4 heterocycles. The third kappa shape index (κ3) is 3.32. The molecule has 0 bridgehead atoms. The van der Waals surface area contributed by atoms with Gasteiger partial charge in [0.15, 0.2) is 0 Å². The minimum Gasteiger partial charge on any atom is -0.328 e. The van der Waals surface area contributed by atoms with Crippen molar-refractivity contribution in [2.45, 2.75) is 6.17 Å². The number of nitrogens with zero attached hydrogens (tertiary/aromatic N) is 3. The summed E-state index contributed by atoms with van der Waals surface area (Å²) in [5.74, 6) is 0. The van der Waals surface area contributed by atoms with Crippen LogP contribution in [0, 0.1) is 0 Å². The summed E-state index contributed by atoms with van der Waals surface area (Å²) >= 11 is 1.90. The number of rotatable bonds is 3. The summed E-state index contributed by atoms with van der Waals surface area (Å²) in [6.45, 7) is 0. The molecule has 3 nitrogen and oxygen atoms in total. The van der Waals surface area contributed by atoms with Crippen molar-refractivity contribution >= 4 is 64.7 Å². The number of para-hydroxylation sites is 2. The van der Waals surface area contributed by atoms with E-state index in [1.807, 2.05) is 11.3 Å². The highest BCUT2D eigenvalue weighted by Crippen LogP contribution is 2.43. The second-order valence-corrected chi connectivity index (χ2v) is 11.7. The van der Waals surface area contributed by atoms with Crippen molar-refractivity contribution in [3.05, 3.63) is 151 Å². The Morgan fingerprint density at radius 3 is 2.24 bits per heavy atom. The van der Waals surface area contributed by atoms with Crippen LogP contribution in [0.25, 0.3) is 53.4 Å². The Hall–Kier alpha value is -5.06. The first-order chi connectivity index (χ1) is 20.3. The third-order valence-electron chi connectivity index (χ3n) is 8.39. The van der Waals surface area contributed by atoms with Gasteiger partial charge in [-0.15, -0.1) is 11.3 Å². The molecule has 2 aliphatic rings. The highest BCUT2D eigenvalue weighted by Gasteiger charge is 2.32. The Kier molecular flexibility index (Phi) is 4.83. The summed E-state index contributed by atoms with van der Waals surface area (Å²) in [6.07, 6.45) is 11.0. The number of fused-ring (bicyclic) bond motifs is 8. The van der Waals surface area contributed by atoms with Gasteiger partial charge in [-0.2, -0.15) is 0 Å². The zero-order valence-electron chi connectivity index (χ0n) is 22.2. The quantitative estimate of drug-likeness (QED) is 0.220. The maximum absolute atomic E-state index is 2.42. The number of allylic oxidation sites excluding steroid dienone is 2. The van der Waals surface area contributed by atoms with Gasteiger partial charge in [0.1, 0.15) is 6.17 Å². The van der Waals surface area contributed by atoms with Gasteiger partial charge in [-0.05, 0) is 60.2 Å². The van der Waals surface area contributed by atoms with E-state index in [-0.39, 0.29) is 6.17 Å². The molecule has 1 unspecified atom stereocenters. The van der Waals surface area contributed by atoms with E-state index in [0.29, 0.717) is 0 Å². The number of hydrogen-bond acceptors (Lipinski definition) is 3. The summed E-state index contributed by atoms with van der Waals surface area (Å²) in [5.41, 5.74) is 7.22. The number of hydrogen-bond donors (Lipinski definition) is 0. The summed E-state index contributed by atoms with van der Waals surface area (Å²) in [4.78, 5) is 4.69. The Labute approximate surface area is 241 Å². The van der Waals surface area contributed by atoms with Gasteiger partial charge in [0.05, 0.1) is 16.7 Å². The average molecular weight is 544 g/mol. The minimum absolute atomic E-state index is 0.137. The van der Waals surface area contributed by atoms with Crippen LogP contribution >= 0.6 is 11.3 Å². The van der Waals surface area contributed by atoms with Crippen molar-refractivity contribution in [1.29, 1.82) is 0 Å². The first kappa shape index (κ1) is 22.7. The third-order valence-corrected chi connectivity index (χ3v) is 9.59. The molecular weight excluding hydrogens is 518 g/mol. The smallest absolute Gasteiger partial charge is 0.129 e. The zero-order chi connectivity index (χ0) is 26.9. The van der Waals surface area contributed by atoms with E-state index in [0.717, 1.165) is 0 Å². The van der Waals surface area contributed by atoms with Crippen molar-refractivity contribution in [3.63, 3.8) is 0 Å². The molecule has 0 radical (unpaired) electrons. The Morgan fingerprint density at radius 1 is 0.585 bits per heavy atom. The van der Waals surface area contributed by atoms with Crippen molar-refractivity contribution in [1.82, 2.24) is 9.47 Å². The molecule has 5 aromatic carbocycles. The molecule has 7 aromatic rings. The molecular formula is C37H25N3S. The van der Waals surface area contributed by atoms with Crippen LogP contribution in [0.3, 0.4) is 0 Å². The van der Waals surface area contributed by atoms with E-state index in [4.69, 9.17) is 0 Å². The SMILES string of the molecule is C1=CC2N(C=C1)C=C(c1ccc(-n3c4ccccc4c4c5sc6ccccc6c5ccc43)cc1)N2c1ccccc1. The molecule has 0 amide bonds. The minimum atomic E-state index is 0.137. The summed E-state index contributed by atoms with van der Waals surface area (Å²) in [5, 5.41) is 5.31. The summed E-state index contributed by atoms with van der Waals surface area (Å²) < 4.78 is 5.12. The van der Waals surface area contributed by atoms with Gasteiger partial charge >= 0.3 is 0 Å². The van der Waals surface area contributed by atoms with Crippen molar-refractivity contribution in [2.75, 3.05) is 4.90 Å². The maximum Gasteiger partial charge on any atom is 0.129 e. The van der Waals surface area contributed by atoms with Crippen LogP contribution in [-0.2, 0) is 0 Å². The van der Waals surface area contributed by atoms with Crippen molar-refractivity contribution < 1.29 is 0 Å². The molecule has 0 N–H and O–H groups in total. The summed E-state index contributed by atoms with van der Waals surface area (Å²) in [7, 11) is 0. The van der Waals surface area contributed by atoms with Crippen molar-refractivity contribution in [2.24, 2.45) is 0 Å². The molecule has 4 heteroatoms. The van der Waals surface area contributed by atoms with Crippen LogP contribution in [0.15, 0.2) is 146 Å². The standard InChI is InChI=1S/C37H25N3S/c1-2-10-26(11-3-1)40-33(24-38-23-9-8-16-35(38)40)25-17-19-27(20-18-25)39-31-14-6-4-13-30(31)36-32(39)22-21-29-28-12-5-7-15-34(28)41-37(29)36/h1-24,35H. The molecule has 194 valence electrons. The van der Waals surface area contributed by atoms with Crippen LogP contribution in [0.1, 0.15) is 5.56 Å². The van der Waals surface area contributed by atoms with Crippen LogP contribution in [0.5, 0.6) is 0 Å². The fourth-order valence-electron chi connectivity index (χ4n) is 6.57. The molecule has 0 saturated heterocycles. The lowest BCUT2D eigenvalue weighted by molar-refractivity contribution is 0.455. The van der Waals surface area contributed by atoms with Crippen LogP contribution in [0.2, 0.25) is 0 Å². The second-order valence-electron chi connectivity index (χ2n) is 10.6. The largest absolute Gasteiger partial charge is 0.328 e. The second kappa shape index (κ2) is 8.72. The molecule has 9 rings (SSSR count). The highest BCUT2D eigenvalue weighted by atomic mass is 32.1. The fraction of sp³-hybridized carbons (Fsp3) is 0.0270. The first-order valence-electron chi connectivity index (χ1n) is 14.0. The van der Waals surface area contributed by atoms with Crippen LogP contribution < -0.4 is 4.90 Å². The van der Waals surface area contributed by atoms with Crippen LogP contribution in [0.4, 0.5) is 5.69 Å². The molecule has 0 aliphatic carbocycles. The highest BCUT2D eigenvalue weighted by molar-refractivity contribution is 7.26. The molecule has 0 saturated carbocycles. The number of thiophene rings is 1. The number of aromatic nitrogens is 1. The fourth-order valence-corrected chi connectivity index (χ4v) is 7.83. The van der Waals surface area contributed by atoms with Gasteiger partial charge in [0, 0.05) is 54.7 Å². The van der Waals surface area contributed by atoms with Gasteiger partial charge in [0.25, 0.3) is 0 Å². The molecule has 0 fully saturated rings. The van der Waals surface area contributed by atoms with E-state index in [1.165, 1.54) is 64.6 Å². The van der Waals surface area contributed by atoms with Gasteiger partial charge in [0.2, 0.25) is 0 Å². The first-order valence-corrected chi connectivity index (χ1v) is 14.8. The van der Waals surface area contributed by atoms with Gasteiger partial charge in [-0.25, -0.2) is 0 Å². The van der Waals surface area contributed by atoms with Crippen LogP contribution in [-0.4, -0.2) is 15.6 Å². The van der Waals surface area contributed by atoms with E-state index >= 15 is 0 Å².